The van der Waals surface area contributed by atoms with Gasteiger partial charge in [0.1, 0.15) is 0 Å². The summed E-state index contributed by atoms with van der Waals surface area (Å²) in [6.45, 7) is 0.418. The molecule has 100 valence electrons. The molecule has 0 aliphatic heterocycles. The molecule has 0 atom stereocenters. The zero-order valence-corrected chi connectivity index (χ0v) is 10.7. The zero-order valence-electron chi connectivity index (χ0n) is 10.7. The van der Waals surface area contributed by atoms with Crippen molar-refractivity contribution in [1.29, 1.82) is 5.26 Å². The van der Waals surface area contributed by atoms with Gasteiger partial charge in [-0.3, -0.25) is 0 Å². The number of nitriles is 1. The van der Waals surface area contributed by atoms with E-state index in [9.17, 15) is 9.59 Å². The lowest BCUT2D eigenvalue weighted by atomic mass is 10.1. The largest absolute Gasteiger partial charge is 0.465 e. The van der Waals surface area contributed by atoms with Gasteiger partial charge >= 0.3 is 11.9 Å². The van der Waals surface area contributed by atoms with Crippen molar-refractivity contribution in [2.24, 2.45) is 0 Å². The summed E-state index contributed by atoms with van der Waals surface area (Å²) in [4.78, 5) is 23.0. The Balaban J connectivity index is 3.06. The van der Waals surface area contributed by atoms with E-state index >= 15 is 0 Å². The monoisotopic (exact) mass is 262 g/mol. The highest BCUT2D eigenvalue weighted by molar-refractivity contribution is 5.96. The third kappa shape index (κ3) is 4.00. The first-order chi connectivity index (χ1) is 9.12. The molecular formula is C13H14N2O4. The molecule has 19 heavy (non-hydrogen) atoms. The molecule has 0 saturated heterocycles. The van der Waals surface area contributed by atoms with Crippen LogP contribution in [0.25, 0.3) is 0 Å². The van der Waals surface area contributed by atoms with Gasteiger partial charge in [0.05, 0.1) is 37.8 Å². The SMILES string of the molecule is COC(=O)c1cc(NCCC#N)cc(C(=O)OC)c1. The molecule has 0 heterocycles. The van der Waals surface area contributed by atoms with Crippen molar-refractivity contribution in [3.8, 4) is 6.07 Å². The molecular weight excluding hydrogens is 248 g/mol. The fraction of sp³-hybridized carbons (Fsp3) is 0.308. The fourth-order valence-corrected chi connectivity index (χ4v) is 1.46. The average molecular weight is 262 g/mol. The van der Waals surface area contributed by atoms with Crippen LogP contribution in [0.2, 0.25) is 0 Å². The third-order valence-electron chi connectivity index (χ3n) is 2.34. The van der Waals surface area contributed by atoms with Crippen LogP contribution in [0.4, 0.5) is 5.69 Å². The number of hydrogen-bond donors (Lipinski definition) is 1. The van der Waals surface area contributed by atoms with Crippen LogP contribution in [0, 0.1) is 11.3 Å². The highest BCUT2D eigenvalue weighted by atomic mass is 16.5. The number of carbonyl (C=O) groups is 2. The summed E-state index contributed by atoms with van der Waals surface area (Å²) < 4.78 is 9.23. The van der Waals surface area contributed by atoms with Crippen molar-refractivity contribution < 1.29 is 19.1 Å². The molecule has 0 aliphatic carbocycles. The molecule has 0 bridgehead atoms. The van der Waals surface area contributed by atoms with E-state index in [0.29, 0.717) is 18.7 Å². The molecule has 0 fully saturated rings. The van der Waals surface area contributed by atoms with Gasteiger partial charge in [-0.05, 0) is 18.2 Å². The number of benzene rings is 1. The summed E-state index contributed by atoms with van der Waals surface area (Å²) in [5, 5.41) is 11.4. The second-order valence-electron chi connectivity index (χ2n) is 3.62. The van der Waals surface area contributed by atoms with Gasteiger partial charge in [0.2, 0.25) is 0 Å². The Kier molecular flexibility index (Phi) is 5.35. The summed E-state index contributed by atoms with van der Waals surface area (Å²) in [6.07, 6.45) is 0.315. The number of nitrogens with one attached hydrogen (secondary N) is 1. The van der Waals surface area contributed by atoms with Gasteiger partial charge in [0, 0.05) is 12.2 Å². The van der Waals surface area contributed by atoms with Crippen LogP contribution in [-0.4, -0.2) is 32.7 Å². The molecule has 1 rings (SSSR count). The number of anilines is 1. The highest BCUT2D eigenvalue weighted by Crippen LogP contribution is 2.17. The minimum absolute atomic E-state index is 0.241. The Labute approximate surface area is 110 Å². The summed E-state index contributed by atoms with van der Waals surface area (Å²) in [7, 11) is 2.52. The topological polar surface area (TPSA) is 88.4 Å². The second kappa shape index (κ2) is 7.01. The molecule has 0 radical (unpaired) electrons. The maximum atomic E-state index is 11.5. The molecule has 1 aromatic carbocycles. The van der Waals surface area contributed by atoms with Crippen molar-refractivity contribution >= 4 is 17.6 Å². The minimum Gasteiger partial charge on any atom is -0.465 e. The van der Waals surface area contributed by atoms with Crippen LogP contribution in [0.15, 0.2) is 18.2 Å². The summed E-state index contributed by atoms with van der Waals surface area (Å²) in [5.41, 5.74) is 1.04. The lowest BCUT2D eigenvalue weighted by molar-refractivity contribution is 0.0599. The Bertz CT molecular complexity index is 486. The minimum atomic E-state index is -0.547. The lowest BCUT2D eigenvalue weighted by Gasteiger charge is -2.09. The van der Waals surface area contributed by atoms with Crippen LogP contribution in [-0.2, 0) is 9.47 Å². The van der Waals surface area contributed by atoms with Crippen molar-refractivity contribution in [2.45, 2.75) is 6.42 Å². The van der Waals surface area contributed by atoms with Gasteiger partial charge < -0.3 is 14.8 Å². The van der Waals surface area contributed by atoms with Crippen molar-refractivity contribution in [2.75, 3.05) is 26.1 Å². The maximum absolute atomic E-state index is 11.5. The Morgan fingerprint density at radius 2 is 1.68 bits per heavy atom. The van der Waals surface area contributed by atoms with Crippen LogP contribution < -0.4 is 5.32 Å². The zero-order chi connectivity index (χ0) is 14.3. The number of methoxy groups -OCH3 is 2. The van der Waals surface area contributed by atoms with Crippen LogP contribution >= 0.6 is 0 Å². The first-order valence-corrected chi connectivity index (χ1v) is 5.55. The van der Waals surface area contributed by atoms with Gasteiger partial charge in [-0.25, -0.2) is 9.59 Å². The van der Waals surface area contributed by atoms with Crippen molar-refractivity contribution in [1.82, 2.24) is 0 Å². The summed E-state index contributed by atoms with van der Waals surface area (Å²) >= 11 is 0. The molecule has 0 unspecified atom stereocenters. The van der Waals surface area contributed by atoms with Crippen molar-refractivity contribution in [3.05, 3.63) is 29.3 Å². The highest BCUT2D eigenvalue weighted by Gasteiger charge is 2.13. The standard InChI is InChI=1S/C13H14N2O4/c1-18-12(16)9-6-10(13(17)19-2)8-11(7-9)15-5-3-4-14/h6-8,15H,3,5H2,1-2H3. The Hall–Kier alpha value is -2.55. The molecule has 6 heteroatoms. The quantitative estimate of drug-likeness (QED) is 0.640. The van der Waals surface area contributed by atoms with Crippen molar-refractivity contribution in [3.63, 3.8) is 0 Å². The Morgan fingerprint density at radius 1 is 1.16 bits per heavy atom. The first kappa shape index (κ1) is 14.5. The van der Waals surface area contributed by atoms with Gasteiger partial charge in [0.15, 0.2) is 0 Å². The van der Waals surface area contributed by atoms with E-state index < -0.39 is 11.9 Å². The molecule has 1 aromatic rings. The van der Waals surface area contributed by atoms with Crippen LogP contribution in [0.3, 0.4) is 0 Å². The number of hydrogen-bond acceptors (Lipinski definition) is 6. The predicted molar refractivity (Wildman–Crippen MR) is 67.8 cm³/mol. The molecule has 0 amide bonds. The predicted octanol–water partition coefficient (Wildman–Crippen LogP) is 1.59. The van der Waals surface area contributed by atoms with Gasteiger partial charge in [-0.15, -0.1) is 0 Å². The van der Waals surface area contributed by atoms with E-state index in [2.05, 4.69) is 14.8 Å². The van der Waals surface area contributed by atoms with E-state index in [4.69, 9.17) is 5.26 Å². The van der Waals surface area contributed by atoms with Gasteiger partial charge in [-0.2, -0.15) is 5.26 Å². The molecule has 0 aliphatic rings. The molecule has 6 nitrogen and oxygen atoms in total. The number of nitrogens with zero attached hydrogens (tertiary/aromatic N) is 1. The first-order valence-electron chi connectivity index (χ1n) is 5.55. The summed E-state index contributed by atoms with van der Waals surface area (Å²) in [6, 6.07) is 6.49. The van der Waals surface area contributed by atoms with Crippen LogP contribution in [0.1, 0.15) is 27.1 Å². The van der Waals surface area contributed by atoms with E-state index in [0.717, 1.165) is 0 Å². The van der Waals surface area contributed by atoms with E-state index in [1.54, 1.807) is 12.1 Å². The second-order valence-corrected chi connectivity index (χ2v) is 3.62. The van der Waals surface area contributed by atoms with E-state index in [-0.39, 0.29) is 11.1 Å². The third-order valence-corrected chi connectivity index (χ3v) is 2.34. The van der Waals surface area contributed by atoms with E-state index in [1.807, 2.05) is 6.07 Å². The Morgan fingerprint density at radius 3 is 2.11 bits per heavy atom. The van der Waals surface area contributed by atoms with Gasteiger partial charge in [0.25, 0.3) is 0 Å². The molecule has 1 N–H and O–H groups in total. The summed E-state index contributed by atoms with van der Waals surface area (Å²) in [5.74, 6) is -1.09. The molecule has 0 aromatic heterocycles. The average Bonchev–Trinajstić information content (AvgIpc) is 2.45. The van der Waals surface area contributed by atoms with Crippen LogP contribution in [0.5, 0.6) is 0 Å². The molecule has 0 spiro atoms. The molecule has 0 saturated carbocycles. The van der Waals surface area contributed by atoms with Gasteiger partial charge in [-0.1, -0.05) is 0 Å². The number of ether oxygens (including phenoxy) is 2. The fourth-order valence-electron chi connectivity index (χ4n) is 1.46. The normalized spacial score (nSPS) is 9.32. The number of esters is 2. The van der Waals surface area contributed by atoms with E-state index in [1.165, 1.54) is 20.3 Å². The lowest BCUT2D eigenvalue weighted by Crippen LogP contribution is -2.09. The maximum Gasteiger partial charge on any atom is 0.337 e. The number of rotatable bonds is 5. The smallest absolute Gasteiger partial charge is 0.337 e. The number of carbonyl (C=O) groups excluding carboxylic acids is 2.